The van der Waals surface area contributed by atoms with E-state index >= 15 is 0 Å². The molecule has 1 aromatic heterocycles. The molecular formula is C10H12F3NO2. The molecule has 0 spiro atoms. The monoisotopic (exact) mass is 235 g/mol. The van der Waals surface area contributed by atoms with Crippen molar-refractivity contribution in [2.75, 3.05) is 6.61 Å². The van der Waals surface area contributed by atoms with Gasteiger partial charge >= 0.3 is 6.18 Å². The molecule has 1 heterocycles. The number of aliphatic hydroxyl groups excluding tert-OH is 1. The van der Waals surface area contributed by atoms with Crippen molar-refractivity contribution in [2.45, 2.75) is 26.1 Å². The summed E-state index contributed by atoms with van der Waals surface area (Å²) in [5, 5.41) is 8.86. The number of aliphatic hydroxyl groups is 1. The lowest BCUT2D eigenvalue weighted by Crippen LogP contribution is -2.13. The number of ether oxygens (including phenoxy) is 1. The maximum absolute atomic E-state index is 11.8. The van der Waals surface area contributed by atoms with Crippen molar-refractivity contribution in [1.29, 1.82) is 0 Å². The van der Waals surface area contributed by atoms with E-state index in [-0.39, 0.29) is 12.5 Å². The SMILES string of the molecule is Cc1nc(OCCC(F)(F)F)ccc1CO. The van der Waals surface area contributed by atoms with Gasteiger partial charge in [-0.3, -0.25) is 0 Å². The van der Waals surface area contributed by atoms with Crippen LogP contribution in [0.1, 0.15) is 17.7 Å². The lowest BCUT2D eigenvalue weighted by atomic mass is 10.2. The van der Waals surface area contributed by atoms with Crippen molar-refractivity contribution in [3.05, 3.63) is 23.4 Å². The summed E-state index contributed by atoms with van der Waals surface area (Å²) in [6.45, 7) is 1.05. The van der Waals surface area contributed by atoms with Crippen molar-refractivity contribution < 1.29 is 23.0 Å². The van der Waals surface area contributed by atoms with E-state index in [0.29, 0.717) is 11.3 Å². The van der Waals surface area contributed by atoms with Gasteiger partial charge in [-0.25, -0.2) is 4.98 Å². The molecule has 0 atom stereocenters. The van der Waals surface area contributed by atoms with Crippen molar-refractivity contribution in [2.24, 2.45) is 0 Å². The predicted octanol–water partition coefficient (Wildman–Crippen LogP) is 2.21. The number of pyridine rings is 1. The molecule has 6 heteroatoms. The second-order valence-corrected chi connectivity index (χ2v) is 3.27. The Hall–Kier alpha value is -1.30. The fourth-order valence-corrected chi connectivity index (χ4v) is 1.09. The molecule has 0 fully saturated rings. The highest BCUT2D eigenvalue weighted by molar-refractivity contribution is 5.24. The average molecular weight is 235 g/mol. The quantitative estimate of drug-likeness (QED) is 0.870. The summed E-state index contributed by atoms with van der Waals surface area (Å²) < 4.78 is 40.3. The van der Waals surface area contributed by atoms with E-state index in [1.54, 1.807) is 13.0 Å². The molecule has 0 aromatic carbocycles. The number of nitrogens with zero attached hydrogens (tertiary/aromatic N) is 1. The number of rotatable bonds is 4. The zero-order chi connectivity index (χ0) is 12.2. The zero-order valence-electron chi connectivity index (χ0n) is 8.71. The van der Waals surface area contributed by atoms with E-state index < -0.39 is 19.2 Å². The number of hydrogen-bond acceptors (Lipinski definition) is 3. The molecule has 3 nitrogen and oxygen atoms in total. The van der Waals surface area contributed by atoms with Crippen LogP contribution in [0, 0.1) is 6.92 Å². The molecule has 1 rings (SSSR count). The summed E-state index contributed by atoms with van der Waals surface area (Å²) in [6.07, 6.45) is -5.23. The first-order valence-electron chi connectivity index (χ1n) is 4.69. The van der Waals surface area contributed by atoms with Crippen LogP contribution in [0.4, 0.5) is 13.2 Å². The third-order valence-corrected chi connectivity index (χ3v) is 1.98. The predicted molar refractivity (Wildman–Crippen MR) is 51.1 cm³/mol. The van der Waals surface area contributed by atoms with Crippen molar-refractivity contribution in [3.63, 3.8) is 0 Å². The van der Waals surface area contributed by atoms with E-state index in [9.17, 15) is 13.2 Å². The largest absolute Gasteiger partial charge is 0.477 e. The van der Waals surface area contributed by atoms with Crippen molar-refractivity contribution >= 4 is 0 Å². The Morgan fingerprint density at radius 2 is 2.06 bits per heavy atom. The Balaban J connectivity index is 2.52. The molecule has 0 amide bonds. The molecule has 16 heavy (non-hydrogen) atoms. The maximum atomic E-state index is 11.8. The molecule has 0 saturated carbocycles. The molecule has 0 aliphatic rings. The molecule has 1 N–H and O–H groups in total. The lowest BCUT2D eigenvalue weighted by molar-refractivity contribution is -0.139. The van der Waals surface area contributed by atoms with Gasteiger partial charge in [0.15, 0.2) is 0 Å². The minimum Gasteiger partial charge on any atom is -0.477 e. The Bertz CT molecular complexity index is 352. The molecule has 0 aliphatic carbocycles. The van der Waals surface area contributed by atoms with Crippen LogP contribution in [0.15, 0.2) is 12.1 Å². The normalized spacial score (nSPS) is 11.6. The second-order valence-electron chi connectivity index (χ2n) is 3.27. The minimum absolute atomic E-state index is 0.138. The molecule has 0 aliphatic heterocycles. The van der Waals surface area contributed by atoms with Crippen LogP contribution in [-0.2, 0) is 6.61 Å². The minimum atomic E-state index is -4.22. The van der Waals surface area contributed by atoms with Gasteiger partial charge in [-0.05, 0) is 18.6 Å². The summed E-state index contributed by atoms with van der Waals surface area (Å²) in [5.74, 6) is 0.138. The molecule has 0 saturated heterocycles. The molecule has 0 unspecified atom stereocenters. The van der Waals surface area contributed by atoms with E-state index in [2.05, 4.69) is 4.98 Å². The number of hydrogen-bond donors (Lipinski definition) is 1. The summed E-state index contributed by atoms with van der Waals surface area (Å²) >= 11 is 0. The first-order valence-corrected chi connectivity index (χ1v) is 4.69. The highest BCUT2D eigenvalue weighted by Gasteiger charge is 2.26. The fraction of sp³-hybridized carbons (Fsp3) is 0.500. The first kappa shape index (κ1) is 12.8. The summed E-state index contributed by atoms with van der Waals surface area (Å²) in [5.41, 5.74) is 1.18. The van der Waals surface area contributed by atoms with Crippen LogP contribution in [0.5, 0.6) is 5.88 Å². The van der Waals surface area contributed by atoms with Gasteiger partial charge in [0.05, 0.1) is 19.6 Å². The van der Waals surface area contributed by atoms with E-state index in [4.69, 9.17) is 9.84 Å². The molecule has 0 radical (unpaired) electrons. The summed E-state index contributed by atoms with van der Waals surface area (Å²) in [4.78, 5) is 3.91. The Labute approximate surface area is 90.9 Å². The van der Waals surface area contributed by atoms with Crippen LogP contribution in [0.2, 0.25) is 0 Å². The standard InChI is InChI=1S/C10H12F3NO2/c1-7-8(6-15)2-3-9(14-7)16-5-4-10(11,12)13/h2-3,15H,4-6H2,1H3. The topological polar surface area (TPSA) is 42.4 Å². The lowest BCUT2D eigenvalue weighted by Gasteiger charge is -2.09. The van der Waals surface area contributed by atoms with Crippen molar-refractivity contribution in [1.82, 2.24) is 4.98 Å². The van der Waals surface area contributed by atoms with E-state index in [1.165, 1.54) is 6.07 Å². The average Bonchev–Trinajstić information content (AvgIpc) is 2.16. The van der Waals surface area contributed by atoms with Gasteiger partial charge in [0.25, 0.3) is 0 Å². The Morgan fingerprint density at radius 3 is 2.56 bits per heavy atom. The van der Waals surface area contributed by atoms with Gasteiger partial charge in [0, 0.05) is 11.8 Å². The van der Waals surface area contributed by atoms with Crippen LogP contribution < -0.4 is 4.74 Å². The molecular weight excluding hydrogens is 223 g/mol. The third-order valence-electron chi connectivity index (χ3n) is 1.98. The van der Waals surface area contributed by atoms with E-state index in [0.717, 1.165) is 0 Å². The molecule has 90 valence electrons. The van der Waals surface area contributed by atoms with Gasteiger partial charge in [-0.15, -0.1) is 0 Å². The van der Waals surface area contributed by atoms with Crippen LogP contribution >= 0.6 is 0 Å². The number of aromatic nitrogens is 1. The fourth-order valence-electron chi connectivity index (χ4n) is 1.09. The first-order chi connectivity index (χ1) is 7.42. The number of alkyl halides is 3. The van der Waals surface area contributed by atoms with Crippen LogP contribution in [0.3, 0.4) is 0 Å². The van der Waals surface area contributed by atoms with Gasteiger partial charge in [0.1, 0.15) is 0 Å². The third kappa shape index (κ3) is 4.06. The number of aryl methyl sites for hydroxylation is 1. The van der Waals surface area contributed by atoms with Gasteiger partial charge in [-0.2, -0.15) is 13.2 Å². The van der Waals surface area contributed by atoms with Crippen LogP contribution in [-0.4, -0.2) is 22.9 Å². The Kier molecular flexibility index (Phi) is 4.12. The molecule has 0 bridgehead atoms. The Morgan fingerprint density at radius 1 is 1.38 bits per heavy atom. The highest BCUT2D eigenvalue weighted by atomic mass is 19.4. The van der Waals surface area contributed by atoms with Gasteiger partial charge < -0.3 is 9.84 Å². The zero-order valence-corrected chi connectivity index (χ0v) is 8.71. The summed E-state index contributed by atoms with van der Waals surface area (Å²) in [7, 11) is 0. The van der Waals surface area contributed by atoms with E-state index in [1.807, 2.05) is 0 Å². The summed E-state index contributed by atoms with van der Waals surface area (Å²) in [6, 6.07) is 3.01. The maximum Gasteiger partial charge on any atom is 0.392 e. The van der Waals surface area contributed by atoms with Crippen LogP contribution in [0.25, 0.3) is 0 Å². The van der Waals surface area contributed by atoms with Gasteiger partial charge in [0.2, 0.25) is 5.88 Å². The highest BCUT2D eigenvalue weighted by Crippen LogP contribution is 2.20. The number of halogens is 3. The second kappa shape index (κ2) is 5.16. The van der Waals surface area contributed by atoms with Crippen molar-refractivity contribution in [3.8, 4) is 5.88 Å². The molecule has 1 aromatic rings. The smallest absolute Gasteiger partial charge is 0.392 e. The van der Waals surface area contributed by atoms with Gasteiger partial charge in [-0.1, -0.05) is 0 Å².